The Morgan fingerprint density at radius 3 is 2.59 bits per heavy atom. The molecule has 0 aromatic carbocycles. The van der Waals surface area contributed by atoms with Gasteiger partial charge in [0, 0.05) is 35.3 Å². The Hall–Kier alpha value is -2.28. The first kappa shape index (κ1) is 19.5. The summed E-state index contributed by atoms with van der Waals surface area (Å²) in [6.07, 6.45) is 0.776. The van der Waals surface area contributed by atoms with Crippen molar-refractivity contribution in [3.8, 4) is 5.75 Å². The third kappa shape index (κ3) is 5.13. The summed E-state index contributed by atoms with van der Waals surface area (Å²) < 4.78 is 5.96. The SMILES string of the molecule is Cc1cc(OC2CN(C(=O)CC(C)C)C2)cc(C(=O)Cc2nc(C)cs2)n1. The number of hydrogen-bond acceptors (Lipinski definition) is 6. The molecule has 0 unspecified atom stereocenters. The zero-order valence-corrected chi connectivity index (χ0v) is 17.0. The van der Waals surface area contributed by atoms with E-state index in [1.807, 2.05) is 44.0 Å². The molecule has 2 aromatic rings. The third-order valence-electron chi connectivity index (χ3n) is 4.28. The molecular weight excluding hydrogens is 362 g/mol. The van der Waals surface area contributed by atoms with Crippen LogP contribution in [0, 0.1) is 19.8 Å². The first-order valence-electron chi connectivity index (χ1n) is 9.17. The second-order valence-electron chi connectivity index (χ2n) is 7.45. The maximum Gasteiger partial charge on any atom is 0.223 e. The van der Waals surface area contributed by atoms with Crippen LogP contribution in [-0.2, 0) is 11.2 Å². The number of thiazole rings is 1. The number of Topliss-reactive ketones (excluding diaryl/α,β-unsaturated/α-hetero) is 1. The number of aromatic nitrogens is 2. The van der Waals surface area contributed by atoms with E-state index >= 15 is 0 Å². The highest BCUT2D eigenvalue weighted by Crippen LogP contribution is 2.22. The molecular formula is C20H25N3O3S. The molecule has 1 aliphatic rings. The Labute approximate surface area is 163 Å². The first-order chi connectivity index (χ1) is 12.8. The van der Waals surface area contributed by atoms with Crippen molar-refractivity contribution in [3.63, 3.8) is 0 Å². The molecule has 3 heterocycles. The molecule has 0 radical (unpaired) electrons. The number of carbonyl (C=O) groups is 2. The molecule has 144 valence electrons. The van der Waals surface area contributed by atoms with Crippen LogP contribution < -0.4 is 4.74 Å². The molecule has 0 saturated carbocycles. The Kier molecular flexibility index (Phi) is 5.89. The molecule has 6 nitrogen and oxygen atoms in total. The van der Waals surface area contributed by atoms with Gasteiger partial charge in [0.2, 0.25) is 5.91 Å². The molecule has 0 N–H and O–H groups in total. The van der Waals surface area contributed by atoms with Gasteiger partial charge >= 0.3 is 0 Å². The molecule has 0 aliphatic carbocycles. The van der Waals surface area contributed by atoms with Crippen LogP contribution in [0.25, 0.3) is 0 Å². The van der Waals surface area contributed by atoms with E-state index in [1.54, 1.807) is 6.07 Å². The van der Waals surface area contributed by atoms with E-state index in [9.17, 15) is 9.59 Å². The largest absolute Gasteiger partial charge is 0.487 e. The quantitative estimate of drug-likeness (QED) is 0.682. The maximum atomic E-state index is 12.5. The Bertz CT molecular complexity index is 841. The molecule has 1 fully saturated rings. The summed E-state index contributed by atoms with van der Waals surface area (Å²) in [6.45, 7) is 9.02. The minimum Gasteiger partial charge on any atom is -0.487 e. The molecule has 0 bridgehead atoms. The summed E-state index contributed by atoms with van der Waals surface area (Å²) >= 11 is 1.48. The molecule has 1 aliphatic heterocycles. The van der Waals surface area contributed by atoms with Crippen LogP contribution >= 0.6 is 11.3 Å². The van der Waals surface area contributed by atoms with Crippen LogP contribution in [0.15, 0.2) is 17.5 Å². The molecule has 27 heavy (non-hydrogen) atoms. The van der Waals surface area contributed by atoms with Gasteiger partial charge in [-0.2, -0.15) is 0 Å². The molecule has 0 atom stereocenters. The number of rotatable bonds is 7. The van der Waals surface area contributed by atoms with Crippen molar-refractivity contribution >= 4 is 23.0 Å². The van der Waals surface area contributed by atoms with Gasteiger partial charge in [0.05, 0.1) is 19.5 Å². The van der Waals surface area contributed by atoms with Crippen LogP contribution in [0.2, 0.25) is 0 Å². The van der Waals surface area contributed by atoms with Gasteiger partial charge < -0.3 is 9.64 Å². The van der Waals surface area contributed by atoms with Crippen molar-refractivity contribution in [2.75, 3.05) is 13.1 Å². The highest BCUT2D eigenvalue weighted by molar-refractivity contribution is 7.09. The number of amides is 1. The zero-order chi connectivity index (χ0) is 19.6. The van der Waals surface area contributed by atoms with E-state index in [-0.39, 0.29) is 24.2 Å². The second kappa shape index (κ2) is 8.17. The standard InChI is InChI=1S/C20H25N3O3S/c1-12(2)5-20(25)23-9-16(10-23)26-15-6-13(3)21-17(7-15)18(24)8-19-22-14(4)11-27-19/h6-7,11-12,16H,5,8-10H2,1-4H3. The van der Waals surface area contributed by atoms with Crippen LogP contribution in [0.5, 0.6) is 5.75 Å². The van der Waals surface area contributed by atoms with Gasteiger partial charge in [-0.3, -0.25) is 9.59 Å². The lowest BCUT2D eigenvalue weighted by Gasteiger charge is -2.39. The molecule has 3 rings (SSSR count). The summed E-state index contributed by atoms with van der Waals surface area (Å²) in [5.41, 5.74) is 2.05. The summed E-state index contributed by atoms with van der Waals surface area (Å²) in [5, 5.41) is 2.73. The van der Waals surface area contributed by atoms with Crippen molar-refractivity contribution in [3.05, 3.63) is 39.6 Å². The molecule has 7 heteroatoms. The number of likely N-dealkylation sites (tertiary alicyclic amines) is 1. The Balaban J connectivity index is 1.59. The average Bonchev–Trinajstić information content (AvgIpc) is 2.94. The van der Waals surface area contributed by atoms with E-state index in [2.05, 4.69) is 9.97 Å². The number of pyridine rings is 1. The first-order valence-corrected chi connectivity index (χ1v) is 10.1. The smallest absolute Gasteiger partial charge is 0.223 e. The topological polar surface area (TPSA) is 72.4 Å². The normalized spacial score (nSPS) is 14.3. The lowest BCUT2D eigenvalue weighted by Crippen LogP contribution is -2.56. The number of ether oxygens (including phenoxy) is 1. The van der Waals surface area contributed by atoms with Gasteiger partial charge in [-0.15, -0.1) is 11.3 Å². The van der Waals surface area contributed by atoms with Crippen molar-refractivity contribution in [2.24, 2.45) is 5.92 Å². The fraction of sp³-hybridized carbons (Fsp3) is 0.500. The van der Waals surface area contributed by atoms with Crippen LogP contribution in [-0.4, -0.2) is 45.8 Å². The monoisotopic (exact) mass is 387 g/mol. The number of ketones is 1. The molecule has 2 aromatic heterocycles. The lowest BCUT2D eigenvalue weighted by molar-refractivity contribution is -0.140. The summed E-state index contributed by atoms with van der Waals surface area (Å²) in [5.74, 6) is 1.09. The summed E-state index contributed by atoms with van der Waals surface area (Å²) in [4.78, 5) is 35.1. The Morgan fingerprint density at radius 2 is 1.96 bits per heavy atom. The number of carbonyl (C=O) groups excluding carboxylic acids is 2. The summed E-state index contributed by atoms with van der Waals surface area (Å²) in [6, 6.07) is 3.51. The molecule has 0 spiro atoms. The van der Waals surface area contributed by atoms with E-state index in [1.165, 1.54) is 11.3 Å². The van der Waals surface area contributed by atoms with Crippen molar-refractivity contribution in [1.82, 2.24) is 14.9 Å². The highest BCUT2D eigenvalue weighted by atomic mass is 32.1. The molecule has 1 amide bonds. The zero-order valence-electron chi connectivity index (χ0n) is 16.2. The van der Waals surface area contributed by atoms with E-state index < -0.39 is 0 Å². The van der Waals surface area contributed by atoms with Crippen LogP contribution in [0.1, 0.15) is 47.2 Å². The van der Waals surface area contributed by atoms with Gasteiger partial charge in [-0.25, -0.2) is 9.97 Å². The van der Waals surface area contributed by atoms with Gasteiger partial charge in [-0.1, -0.05) is 13.8 Å². The number of nitrogens with zero attached hydrogens (tertiary/aromatic N) is 3. The predicted molar refractivity (Wildman–Crippen MR) is 104 cm³/mol. The second-order valence-corrected chi connectivity index (χ2v) is 8.39. The fourth-order valence-corrected chi connectivity index (χ4v) is 3.72. The fourth-order valence-electron chi connectivity index (χ4n) is 2.95. The minimum atomic E-state index is -0.0692. The summed E-state index contributed by atoms with van der Waals surface area (Å²) in [7, 11) is 0. The number of hydrogen-bond donors (Lipinski definition) is 0. The van der Waals surface area contributed by atoms with Crippen LogP contribution in [0.4, 0.5) is 0 Å². The maximum absolute atomic E-state index is 12.5. The number of aryl methyl sites for hydroxylation is 2. The highest BCUT2D eigenvalue weighted by Gasteiger charge is 2.32. The van der Waals surface area contributed by atoms with E-state index in [4.69, 9.17) is 4.74 Å². The predicted octanol–water partition coefficient (Wildman–Crippen LogP) is 3.22. The molecule has 1 saturated heterocycles. The van der Waals surface area contributed by atoms with Crippen molar-refractivity contribution in [1.29, 1.82) is 0 Å². The van der Waals surface area contributed by atoms with Crippen molar-refractivity contribution in [2.45, 2.75) is 46.6 Å². The third-order valence-corrected chi connectivity index (χ3v) is 5.24. The van der Waals surface area contributed by atoms with Gasteiger partial charge in [0.1, 0.15) is 22.6 Å². The minimum absolute atomic E-state index is 0.0347. The van der Waals surface area contributed by atoms with Crippen LogP contribution in [0.3, 0.4) is 0 Å². The van der Waals surface area contributed by atoms with Gasteiger partial charge in [0.15, 0.2) is 5.78 Å². The van der Waals surface area contributed by atoms with Gasteiger partial charge in [-0.05, 0) is 19.8 Å². The van der Waals surface area contributed by atoms with Gasteiger partial charge in [0.25, 0.3) is 0 Å². The van der Waals surface area contributed by atoms with E-state index in [0.717, 1.165) is 16.4 Å². The average molecular weight is 388 g/mol. The van der Waals surface area contributed by atoms with E-state index in [0.29, 0.717) is 36.9 Å². The Morgan fingerprint density at radius 1 is 1.22 bits per heavy atom. The lowest BCUT2D eigenvalue weighted by atomic mass is 10.1. The van der Waals surface area contributed by atoms with Crippen molar-refractivity contribution < 1.29 is 14.3 Å².